The summed E-state index contributed by atoms with van der Waals surface area (Å²) in [5.74, 6) is 0.868. The number of hydrogen-bond acceptors (Lipinski definition) is 2. The third-order valence-electron chi connectivity index (χ3n) is 2.42. The average Bonchev–Trinajstić information content (AvgIpc) is 2.35. The van der Waals surface area contributed by atoms with E-state index in [-0.39, 0.29) is 11.8 Å². The molecule has 0 aromatic rings. The Morgan fingerprint density at radius 2 is 2.08 bits per heavy atom. The molecule has 0 saturated heterocycles. The van der Waals surface area contributed by atoms with Crippen molar-refractivity contribution in [3.8, 4) is 0 Å². The SMILES string of the molecule is CCS(=O)(=O)NC1CCC(C)C1. The first kappa shape index (κ1) is 9.99. The number of hydrogen-bond donors (Lipinski definition) is 1. The van der Waals surface area contributed by atoms with Gasteiger partial charge in [0.25, 0.3) is 0 Å². The molecule has 1 aliphatic rings. The van der Waals surface area contributed by atoms with Crippen molar-refractivity contribution in [3.05, 3.63) is 0 Å². The Hall–Kier alpha value is -0.0900. The van der Waals surface area contributed by atoms with Gasteiger partial charge in [0.2, 0.25) is 10.0 Å². The maximum Gasteiger partial charge on any atom is 0.211 e. The maximum atomic E-state index is 11.2. The van der Waals surface area contributed by atoms with Crippen LogP contribution < -0.4 is 4.72 Å². The van der Waals surface area contributed by atoms with Gasteiger partial charge in [-0.25, -0.2) is 13.1 Å². The molecule has 2 atom stereocenters. The molecule has 0 amide bonds. The Morgan fingerprint density at radius 3 is 2.50 bits per heavy atom. The van der Waals surface area contributed by atoms with Crippen molar-refractivity contribution < 1.29 is 8.42 Å². The summed E-state index contributed by atoms with van der Waals surface area (Å²) in [7, 11) is -2.98. The summed E-state index contributed by atoms with van der Waals surface area (Å²) in [5, 5.41) is 0. The lowest BCUT2D eigenvalue weighted by Crippen LogP contribution is -2.33. The van der Waals surface area contributed by atoms with Crippen LogP contribution in [0.5, 0.6) is 0 Å². The largest absolute Gasteiger partial charge is 0.212 e. The molecule has 0 aliphatic heterocycles. The molecule has 12 heavy (non-hydrogen) atoms. The van der Waals surface area contributed by atoms with Gasteiger partial charge < -0.3 is 0 Å². The number of rotatable bonds is 3. The first-order chi connectivity index (χ1) is 5.53. The van der Waals surface area contributed by atoms with Gasteiger partial charge in [-0.2, -0.15) is 0 Å². The zero-order valence-corrected chi connectivity index (χ0v) is 8.52. The zero-order valence-electron chi connectivity index (χ0n) is 7.71. The van der Waals surface area contributed by atoms with Crippen LogP contribution in [0.1, 0.15) is 33.1 Å². The summed E-state index contributed by atoms with van der Waals surface area (Å²) >= 11 is 0. The first-order valence-electron chi connectivity index (χ1n) is 4.53. The minimum atomic E-state index is -2.98. The highest BCUT2D eigenvalue weighted by atomic mass is 32.2. The topological polar surface area (TPSA) is 46.2 Å². The fourth-order valence-electron chi connectivity index (χ4n) is 1.65. The van der Waals surface area contributed by atoms with Crippen LogP contribution in [0.3, 0.4) is 0 Å². The van der Waals surface area contributed by atoms with E-state index >= 15 is 0 Å². The van der Waals surface area contributed by atoms with Crippen molar-refractivity contribution >= 4 is 10.0 Å². The van der Waals surface area contributed by atoms with Crippen molar-refractivity contribution in [1.82, 2.24) is 4.72 Å². The summed E-state index contributed by atoms with van der Waals surface area (Å²) in [6, 6.07) is 0.199. The van der Waals surface area contributed by atoms with E-state index in [9.17, 15) is 8.42 Å². The second-order valence-corrected chi connectivity index (χ2v) is 5.68. The second-order valence-electron chi connectivity index (χ2n) is 3.64. The molecule has 1 aliphatic carbocycles. The van der Waals surface area contributed by atoms with Gasteiger partial charge in [0.15, 0.2) is 0 Å². The molecule has 1 saturated carbocycles. The van der Waals surface area contributed by atoms with E-state index in [0.717, 1.165) is 19.3 Å². The van der Waals surface area contributed by atoms with E-state index in [2.05, 4.69) is 11.6 Å². The summed E-state index contributed by atoms with van der Waals surface area (Å²) in [4.78, 5) is 0. The summed E-state index contributed by atoms with van der Waals surface area (Å²) in [5.41, 5.74) is 0. The van der Waals surface area contributed by atoms with Gasteiger partial charge >= 0.3 is 0 Å². The third kappa shape index (κ3) is 2.75. The van der Waals surface area contributed by atoms with E-state index in [1.807, 2.05) is 0 Å². The minimum absolute atomic E-state index is 0.192. The van der Waals surface area contributed by atoms with Crippen molar-refractivity contribution in [2.45, 2.75) is 39.2 Å². The molecule has 4 heteroatoms. The Morgan fingerprint density at radius 1 is 1.42 bits per heavy atom. The van der Waals surface area contributed by atoms with Gasteiger partial charge in [-0.1, -0.05) is 6.92 Å². The normalized spacial score (nSPS) is 30.8. The molecule has 0 heterocycles. The Balaban J connectivity index is 2.43. The van der Waals surface area contributed by atoms with Gasteiger partial charge in [-0.05, 0) is 32.1 Å². The van der Waals surface area contributed by atoms with Gasteiger partial charge in [-0.15, -0.1) is 0 Å². The lowest BCUT2D eigenvalue weighted by molar-refractivity contribution is 0.539. The fraction of sp³-hybridized carbons (Fsp3) is 1.00. The highest BCUT2D eigenvalue weighted by Crippen LogP contribution is 2.24. The van der Waals surface area contributed by atoms with Crippen molar-refractivity contribution in [3.63, 3.8) is 0 Å². The van der Waals surface area contributed by atoms with Crippen LogP contribution in [-0.4, -0.2) is 20.2 Å². The van der Waals surface area contributed by atoms with Crippen LogP contribution in [-0.2, 0) is 10.0 Å². The van der Waals surface area contributed by atoms with Crippen LogP contribution in [0.2, 0.25) is 0 Å². The average molecular weight is 191 g/mol. The summed E-state index contributed by atoms with van der Waals surface area (Å²) in [6.07, 6.45) is 3.15. The van der Waals surface area contributed by atoms with Crippen LogP contribution in [0, 0.1) is 5.92 Å². The fourth-order valence-corrected chi connectivity index (χ4v) is 2.54. The molecule has 0 bridgehead atoms. The van der Waals surface area contributed by atoms with E-state index in [1.54, 1.807) is 6.92 Å². The molecule has 2 unspecified atom stereocenters. The van der Waals surface area contributed by atoms with Crippen LogP contribution in [0.4, 0.5) is 0 Å². The Kier molecular flexibility index (Phi) is 3.12. The molecule has 0 spiro atoms. The van der Waals surface area contributed by atoms with Crippen LogP contribution >= 0.6 is 0 Å². The van der Waals surface area contributed by atoms with E-state index < -0.39 is 10.0 Å². The lowest BCUT2D eigenvalue weighted by Gasteiger charge is -2.10. The highest BCUT2D eigenvalue weighted by molar-refractivity contribution is 7.89. The van der Waals surface area contributed by atoms with Gasteiger partial charge in [0.1, 0.15) is 0 Å². The van der Waals surface area contributed by atoms with Gasteiger partial charge in [0, 0.05) is 6.04 Å². The molecule has 1 fully saturated rings. The quantitative estimate of drug-likeness (QED) is 0.726. The predicted molar refractivity (Wildman–Crippen MR) is 49.4 cm³/mol. The molecule has 1 N–H and O–H groups in total. The summed E-state index contributed by atoms with van der Waals surface area (Å²) < 4.78 is 25.0. The molecule has 3 nitrogen and oxygen atoms in total. The molecule has 0 radical (unpaired) electrons. The van der Waals surface area contributed by atoms with E-state index in [4.69, 9.17) is 0 Å². The molecule has 1 rings (SSSR count). The predicted octanol–water partition coefficient (Wildman–Crippen LogP) is 1.11. The van der Waals surface area contributed by atoms with Crippen molar-refractivity contribution in [2.24, 2.45) is 5.92 Å². The van der Waals surface area contributed by atoms with Crippen LogP contribution in [0.15, 0.2) is 0 Å². The number of sulfonamides is 1. The molecule has 0 aromatic carbocycles. The Bertz CT molecular complexity index is 235. The van der Waals surface area contributed by atoms with Crippen molar-refractivity contribution in [1.29, 1.82) is 0 Å². The molecular formula is C8H17NO2S. The molecular weight excluding hydrogens is 174 g/mol. The molecule has 0 aromatic heterocycles. The van der Waals surface area contributed by atoms with Gasteiger partial charge in [-0.3, -0.25) is 0 Å². The smallest absolute Gasteiger partial charge is 0.211 e. The zero-order chi connectivity index (χ0) is 9.19. The monoisotopic (exact) mass is 191 g/mol. The van der Waals surface area contributed by atoms with E-state index in [0.29, 0.717) is 5.92 Å². The van der Waals surface area contributed by atoms with Gasteiger partial charge in [0.05, 0.1) is 5.75 Å². The summed E-state index contributed by atoms with van der Waals surface area (Å²) in [6.45, 7) is 3.83. The van der Waals surface area contributed by atoms with Crippen molar-refractivity contribution in [2.75, 3.05) is 5.75 Å². The van der Waals surface area contributed by atoms with E-state index in [1.165, 1.54) is 0 Å². The second kappa shape index (κ2) is 3.75. The minimum Gasteiger partial charge on any atom is -0.212 e. The first-order valence-corrected chi connectivity index (χ1v) is 6.18. The maximum absolute atomic E-state index is 11.2. The standard InChI is InChI=1S/C8H17NO2S/c1-3-12(10,11)9-8-5-4-7(2)6-8/h7-9H,3-6H2,1-2H3. The number of nitrogens with one attached hydrogen (secondary N) is 1. The third-order valence-corrected chi connectivity index (χ3v) is 3.87. The Labute approximate surface area is 74.6 Å². The molecule has 72 valence electrons. The lowest BCUT2D eigenvalue weighted by atomic mass is 10.1. The highest BCUT2D eigenvalue weighted by Gasteiger charge is 2.24. The van der Waals surface area contributed by atoms with Crippen LogP contribution in [0.25, 0.3) is 0 Å².